The van der Waals surface area contributed by atoms with Crippen molar-refractivity contribution in [2.24, 2.45) is 4.99 Å². The van der Waals surface area contributed by atoms with E-state index >= 15 is 0 Å². The molecule has 1 atom stereocenters. The van der Waals surface area contributed by atoms with Crippen LogP contribution in [0, 0.1) is 0 Å². The second-order valence-electron chi connectivity index (χ2n) is 7.80. The lowest BCUT2D eigenvalue weighted by Crippen LogP contribution is -2.47. The van der Waals surface area contributed by atoms with Crippen molar-refractivity contribution < 1.29 is 23.9 Å². The second kappa shape index (κ2) is 8.44. The van der Waals surface area contributed by atoms with E-state index in [0.29, 0.717) is 30.1 Å². The molecule has 1 fully saturated rings. The highest BCUT2D eigenvalue weighted by atomic mass is 32.2. The lowest BCUT2D eigenvalue weighted by molar-refractivity contribution is -0.132. The average Bonchev–Trinajstić information content (AvgIpc) is 3.09. The molecule has 1 N–H and O–H groups in total. The Kier molecular flexibility index (Phi) is 6.16. The van der Waals surface area contributed by atoms with Gasteiger partial charge < -0.3 is 19.7 Å². The summed E-state index contributed by atoms with van der Waals surface area (Å²) in [5, 5.41) is 2.48. The fourth-order valence-corrected chi connectivity index (χ4v) is 4.16. The molecule has 8 nitrogen and oxygen atoms in total. The fraction of sp³-hybridized carbons (Fsp3) is 0.500. The van der Waals surface area contributed by atoms with Crippen molar-refractivity contribution in [2.75, 3.05) is 31.3 Å². The minimum absolute atomic E-state index is 0.197. The summed E-state index contributed by atoms with van der Waals surface area (Å²) < 4.78 is 10.2. The highest BCUT2D eigenvalue weighted by molar-refractivity contribution is 8.00. The van der Waals surface area contributed by atoms with Crippen molar-refractivity contribution in [1.82, 2.24) is 4.90 Å². The summed E-state index contributed by atoms with van der Waals surface area (Å²) >= 11 is 1.50. The topological polar surface area (TPSA) is 97.3 Å². The minimum Gasteiger partial charge on any atom is -0.464 e. The van der Waals surface area contributed by atoms with Gasteiger partial charge in [-0.2, -0.15) is 0 Å². The predicted octanol–water partition coefficient (Wildman–Crippen LogP) is 2.45. The van der Waals surface area contributed by atoms with Gasteiger partial charge in [-0.3, -0.25) is 9.79 Å². The first kappa shape index (κ1) is 21.2. The number of fused-ring (bicyclic) bond motifs is 1. The SMILES string of the molecule is COC(=O)C1=NCc2ccc(NC(=O)C3CN(C(=O)OC(C)(C)C)CCS3)cc21. The molecule has 2 aliphatic heterocycles. The minimum atomic E-state index is -0.581. The lowest BCUT2D eigenvalue weighted by atomic mass is 10.0. The molecule has 1 unspecified atom stereocenters. The molecule has 2 heterocycles. The largest absolute Gasteiger partial charge is 0.464 e. The fourth-order valence-electron chi connectivity index (χ4n) is 3.06. The Morgan fingerprint density at radius 3 is 2.72 bits per heavy atom. The van der Waals surface area contributed by atoms with Crippen LogP contribution in [0.1, 0.15) is 31.9 Å². The number of anilines is 1. The van der Waals surface area contributed by atoms with Crippen molar-refractivity contribution in [3.8, 4) is 0 Å². The van der Waals surface area contributed by atoms with Crippen molar-refractivity contribution in [3.63, 3.8) is 0 Å². The van der Waals surface area contributed by atoms with E-state index in [9.17, 15) is 14.4 Å². The molecule has 0 saturated carbocycles. The molecule has 0 radical (unpaired) electrons. The maximum Gasteiger partial charge on any atom is 0.410 e. The molecule has 1 aromatic carbocycles. The molecule has 3 rings (SSSR count). The van der Waals surface area contributed by atoms with Crippen molar-refractivity contribution in [1.29, 1.82) is 0 Å². The number of methoxy groups -OCH3 is 1. The zero-order chi connectivity index (χ0) is 21.2. The van der Waals surface area contributed by atoms with Gasteiger partial charge in [-0.05, 0) is 38.5 Å². The molecule has 0 spiro atoms. The molecule has 29 heavy (non-hydrogen) atoms. The molecule has 156 valence electrons. The molecular formula is C20H25N3O5S. The first-order valence-electron chi connectivity index (χ1n) is 9.34. The number of nitrogens with zero attached hydrogens (tertiary/aromatic N) is 2. The third kappa shape index (κ3) is 5.09. The van der Waals surface area contributed by atoms with Gasteiger partial charge in [0.15, 0.2) is 5.71 Å². The molecule has 0 aliphatic carbocycles. The van der Waals surface area contributed by atoms with Crippen LogP contribution in [-0.4, -0.2) is 65.4 Å². The van der Waals surface area contributed by atoms with Gasteiger partial charge in [-0.1, -0.05) is 6.07 Å². The molecular weight excluding hydrogens is 394 g/mol. The third-order valence-corrected chi connectivity index (χ3v) is 5.61. The Bertz CT molecular complexity index is 862. The zero-order valence-corrected chi connectivity index (χ0v) is 17.8. The normalized spacial score (nSPS) is 18.6. The molecule has 0 aromatic heterocycles. The van der Waals surface area contributed by atoms with Crippen LogP contribution in [0.15, 0.2) is 23.2 Å². The van der Waals surface area contributed by atoms with E-state index < -0.39 is 22.9 Å². The summed E-state index contributed by atoms with van der Waals surface area (Å²) in [6.07, 6.45) is -0.410. The van der Waals surface area contributed by atoms with Gasteiger partial charge in [0.25, 0.3) is 0 Å². The maximum atomic E-state index is 12.8. The number of hydrogen-bond donors (Lipinski definition) is 1. The number of benzene rings is 1. The number of ether oxygens (including phenoxy) is 2. The van der Waals surface area contributed by atoms with Crippen molar-refractivity contribution in [3.05, 3.63) is 29.3 Å². The van der Waals surface area contributed by atoms with E-state index in [0.717, 1.165) is 5.56 Å². The van der Waals surface area contributed by atoms with E-state index in [1.54, 1.807) is 17.0 Å². The Morgan fingerprint density at radius 2 is 2.03 bits per heavy atom. The standard InChI is InChI=1S/C20H25N3O5S/c1-20(2,3)28-19(26)23-7-8-29-15(11-23)17(24)22-13-6-5-12-10-21-16(14(12)9-13)18(25)27-4/h5-6,9,15H,7-8,10-11H2,1-4H3,(H,22,24). The number of hydrogen-bond acceptors (Lipinski definition) is 7. The number of thioether (sulfide) groups is 1. The van der Waals surface area contributed by atoms with Gasteiger partial charge in [0.1, 0.15) is 10.9 Å². The van der Waals surface area contributed by atoms with E-state index in [4.69, 9.17) is 9.47 Å². The van der Waals surface area contributed by atoms with Gasteiger partial charge in [0, 0.05) is 30.1 Å². The van der Waals surface area contributed by atoms with Crippen LogP contribution in [0.5, 0.6) is 0 Å². The van der Waals surface area contributed by atoms with E-state index in [-0.39, 0.29) is 18.2 Å². The van der Waals surface area contributed by atoms with Gasteiger partial charge in [0.05, 0.1) is 13.7 Å². The summed E-state index contributed by atoms with van der Waals surface area (Å²) in [5.41, 5.74) is 1.83. The average molecular weight is 420 g/mol. The van der Waals surface area contributed by atoms with Gasteiger partial charge in [-0.15, -0.1) is 11.8 Å². The van der Waals surface area contributed by atoms with Crippen LogP contribution < -0.4 is 5.32 Å². The van der Waals surface area contributed by atoms with Crippen LogP contribution in [0.25, 0.3) is 0 Å². The molecule has 9 heteroatoms. The summed E-state index contributed by atoms with van der Waals surface area (Å²) in [7, 11) is 1.31. The summed E-state index contributed by atoms with van der Waals surface area (Å²) in [6.45, 7) is 6.68. The Balaban J connectivity index is 1.66. The molecule has 2 amide bonds. The molecule has 2 aliphatic rings. The smallest absolute Gasteiger partial charge is 0.410 e. The second-order valence-corrected chi connectivity index (χ2v) is 9.11. The van der Waals surface area contributed by atoms with Gasteiger partial charge in [0.2, 0.25) is 5.91 Å². The number of nitrogens with one attached hydrogen (secondary N) is 1. The maximum absolute atomic E-state index is 12.8. The quantitative estimate of drug-likeness (QED) is 0.756. The number of rotatable bonds is 3. The predicted molar refractivity (Wildman–Crippen MR) is 111 cm³/mol. The Labute approximate surface area is 174 Å². The van der Waals surface area contributed by atoms with Gasteiger partial charge in [-0.25, -0.2) is 9.59 Å². The summed E-state index contributed by atoms with van der Waals surface area (Å²) in [6, 6.07) is 5.35. The van der Waals surface area contributed by atoms with Crippen molar-refractivity contribution >= 4 is 41.1 Å². The number of carbonyl (C=O) groups excluding carboxylic acids is 3. The van der Waals surface area contributed by atoms with Crippen LogP contribution in [0.3, 0.4) is 0 Å². The third-order valence-electron chi connectivity index (χ3n) is 4.43. The Hall–Kier alpha value is -2.55. The van der Waals surface area contributed by atoms with Crippen LogP contribution in [-0.2, 0) is 25.6 Å². The highest BCUT2D eigenvalue weighted by Gasteiger charge is 2.32. The van der Waals surface area contributed by atoms with Crippen LogP contribution >= 0.6 is 11.8 Å². The number of amides is 2. The molecule has 1 aromatic rings. The van der Waals surface area contributed by atoms with Crippen LogP contribution in [0.4, 0.5) is 10.5 Å². The van der Waals surface area contributed by atoms with E-state index in [1.165, 1.54) is 18.9 Å². The summed E-state index contributed by atoms with van der Waals surface area (Å²) in [4.78, 5) is 42.7. The first-order chi connectivity index (χ1) is 13.7. The number of aliphatic imine (C=N–C) groups is 1. The van der Waals surface area contributed by atoms with Gasteiger partial charge >= 0.3 is 12.1 Å². The van der Waals surface area contributed by atoms with Crippen molar-refractivity contribution in [2.45, 2.75) is 38.2 Å². The molecule has 1 saturated heterocycles. The highest BCUT2D eigenvalue weighted by Crippen LogP contribution is 2.26. The number of esters is 1. The van der Waals surface area contributed by atoms with E-state index in [1.807, 2.05) is 26.8 Å². The first-order valence-corrected chi connectivity index (χ1v) is 10.4. The zero-order valence-electron chi connectivity index (χ0n) is 17.0. The van der Waals surface area contributed by atoms with Crippen LogP contribution in [0.2, 0.25) is 0 Å². The summed E-state index contributed by atoms with van der Waals surface area (Å²) in [5.74, 6) is -0.0402. The number of carbonyl (C=O) groups is 3. The monoisotopic (exact) mass is 419 g/mol. The van der Waals surface area contributed by atoms with E-state index in [2.05, 4.69) is 10.3 Å². The lowest BCUT2D eigenvalue weighted by Gasteiger charge is -2.33. The molecule has 0 bridgehead atoms. The Morgan fingerprint density at radius 1 is 1.28 bits per heavy atom.